The second kappa shape index (κ2) is 3.56. The van der Waals surface area contributed by atoms with Gasteiger partial charge >= 0.3 is 5.97 Å². The van der Waals surface area contributed by atoms with Gasteiger partial charge in [0.05, 0.1) is 11.9 Å². The monoisotopic (exact) mass is 168 g/mol. The largest absolute Gasteiger partial charge is 0.476 e. The van der Waals surface area contributed by atoms with Gasteiger partial charge in [-0.25, -0.2) is 4.79 Å². The van der Waals surface area contributed by atoms with Gasteiger partial charge in [0.2, 0.25) is 5.83 Å². The van der Waals surface area contributed by atoms with Crippen molar-refractivity contribution in [1.29, 1.82) is 0 Å². The van der Waals surface area contributed by atoms with Crippen LogP contribution in [0.4, 0.5) is 4.39 Å². The van der Waals surface area contributed by atoms with Crippen LogP contribution in [0.1, 0.15) is 5.69 Å². The smallest absolute Gasteiger partial charge is 0.364 e. The highest BCUT2D eigenvalue weighted by Crippen LogP contribution is 2.03. The Bertz CT molecular complexity index is 310. The molecule has 0 saturated heterocycles. The van der Waals surface area contributed by atoms with Gasteiger partial charge in [0, 0.05) is 18.5 Å². The molecule has 62 valence electrons. The maximum absolute atomic E-state index is 12.4. The molecule has 12 heavy (non-hydrogen) atoms. The Hall–Kier alpha value is -1.78. The molecule has 5 heteroatoms. The van der Waals surface area contributed by atoms with Crippen molar-refractivity contribution in [1.82, 2.24) is 9.97 Å². The molecule has 1 aromatic heterocycles. The molecule has 1 heterocycles. The second-order valence-corrected chi connectivity index (χ2v) is 1.93. The van der Waals surface area contributed by atoms with Gasteiger partial charge in [0.1, 0.15) is 0 Å². The van der Waals surface area contributed by atoms with E-state index in [1.165, 1.54) is 18.6 Å². The Labute approximate surface area is 67.4 Å². The molecular formula is C7H5FN2O2. The van der Waals surface area contributed by atoms with E-state index in [2.05, 4.69) is 9.97 Å². The minimum atomic E-state index is -1.61. The maximum Gasteiger partial charge on any atom is 0.364 e. The van der Waals surface area contributed by atoms with Gasteiger partial charge < -0.3 is 5.11 Å². The predicted octanol–water partition coefficient (Wildman–Crippen LogP) is 0.872. The molecule has 0 radical (unpaired) electrons. The molecule has 0 spiro atoms. The molecular weight excluding hydrogens is 163 g/mol. The number of carboxylic acids is 1. The van der Waals surface area contributed by atoms with Gasteiger partial charge in [0.15, 0.2) is 0 Å². The van der Waals surface area contributed by atoms with Crippen LogP contribution in [-0.4, -0.2) is 21.0 Å². The molecule has 0 aliphatic heterocycles. The van der Waals surface area contributed by atoms with Crippen LogP contribution in [0.2, 0.25) is 0 Å². The quantitative estimate of drug-likeness (QED) is 0.665. The van der Waals surface area contributed by atoms with E-state index in [-0.39, 0.29) is 5.69 Å². The van der Waals surface area contributed by atoms with E-state index < -0.39 is 11.8 Å². The Balaban J connectivity index is 2.89. The minimum absolute atomic E-state index is 0.178. The summed E-state index contributed by atoms with van der Waals surface area (Å²) in [5, 5.41) is 8.15. The highest BCUT2D eigenvalue weighted by molar-refractivity contribution is 5.89. The van der Waals surface area contributed by atoms with Crippen LogP contribution < -0.4 is 0 Å². The third kappa shape index (κ3) is 2.12. The molecule has 0 aliphatic carbocycles. The minimum Gasteiger partial charge on any atom is -0.476 e. The molecule has 0 atom stereocenters. The van der Waals surface area contributed by atoms with Crippen molar-refractivity contribution in [3.63, 3.8) is 0 Å². The standard InChI is InChI=1S/C7H5FN2O2/c8-6(7(11)12)3-5-4-9-1-2-10-5/h1-4H,(H,11,12)/b6-3-. The van der Waals surface area contributed by atoms with Crippen LogP contribution in [0.5, 0.6) is 0 Å². The summed E-state index contributed by atoms with van der Waals surface area (Å²) in [6, 6.07) is 0. The lowest BCUT2D eigenvalue weighted by atomic mass is 10.4. The Morgan fingerprint density at radius 1 is 1.58 bits per heavy atom. The zero-order valence-electron chi connectivity index (χ0n) is 5.94. The van der Waals surface area contributed by atoms with E-state index in [1.807, 2.05) is 0 Å². The first-order chi connectivity index (χ1) is 5.70. The van der Waals surface area contributed by atoms with Crippen LogP contribution in [-0.2, 0) is 4.79 Å². The molecule has 0 bridgehead atoms. The third-order valence-electron chi connectivity index (χ3n) is 1.06. The first kappa shape index (κ1) is 8.32. The summed E-state index contributed by atoms with van der Waals surface area (Å²) >= 11 is 0. The van der Waals surface area contributed by atoms with Crippen molar-refractivity contribution in [2.45, 2.75) is 0 Å². The number of nitrogens with zero attached hydrogens (tertiary/aromatic N) is 2. The Morgan fingerprint density at radius 2 is 2.33 bits per heavy atom. The number of hydrogen-bond donors (Lipinski definition) is 1. The number of carboxylic acid groups (broad SMARTS) is 1. The van der Waals surface area contributed by atoms with Crippen molar-refractivity contribution >= 4 is 12.0 Å². The molecule has 0 amide bonds. The lowest BCUT2D eigenvalue weighted by Crippen LogP contribution is -1.94. The van der Waals surface area contributed by atoms with Crippen molar-refractivity contribution in [3.05, 3.63) is 30.1 Å². The number of carbonyl (C=O) groups is 1. The van der Waals surface area contributed by atoms with Crippen LogP contribution in [0, 0.1) is 0 Å². The van der Waals surface area contributed by atoms with Crippen LogP contribution in [0.3, 0.4) is 0 Å². The molecule has 1 N–H and O–H groups in total. The van der Waals surface area contributed by atoms with Gasteiger partial charge in [0.25, 0.3) is 0 Å². The van der Waals surface area contributed by atoms with Crippen LogP contribution in [0.25, 0.3) is 6.08 Å². The van der Waals surface area contributed by atoms with Crippen molar-refractivity contribution < 1.29 is 14.3 Å². The third-order valence-corrected chi connectivity index (χ3v) is 1.06. The van der Waals surface area contributed by atoms with E-state index in [9.17, 15) is 9.18 Å². The molecule has 0 fully saturated rings. The zero-order valence-corrected chi connectivity index (χ0v) is 5.94. The second-order valence-electron chi connectivity index (χ2n) is 1.93. The Morgan fingerprint density at radius 3 is 2.83 bits per heavy atom. The predicted molar refractivity (Wildman–Crippen MR) is 38.8 cm³/mol. The van der Waals surface area contributed by atoms with E-state index in [1.54, 1.807) is 0 Å². The summed E-state index contributed by atoms with van der Waals surface area (Å²) in [5.41, 5.74) is 0.178. The lowest BCUT2D eigenvalue weighted by molar-refractivity contribution is -0.134. The average Bonchev–Trinajstić information content (AvgIpc) is 2.06. The fourth-order valence-electron chi connectivity index (χ4n) is 0.577. The first-order valence-corrected chi connectivity index (χ1v) is 3.06. The summed E-state index contributed by atoms with van der Waals surface area (Å²) in [7, 11) is 0. The highest BCUT2D eigenvalue weighted by Gasteiger charge is 2.04. The van der Waals surface area contributed by atoms with Crippen molar-refractivity contribution in [3.8, 4) is 0 Å². The van der Waals surface area contributed by atoms with Crippen LogP contribution >= 0.6 is 0 Å². The van der Waals surface area contributed by atoms with E-state index in [4.69, 9.17) is 5.11 Å². The van der Waals surface area contributed by atoms with Gasteiger partial charge in [-0.05, 0) is 0 Å². The van der Waals surface area contributed by atoms with Gasteiger partial charge in [-0.1, -0.05) is 0 Å². The summed E-state index contributed by atoms with van der Waals surface area (Å²) < 4.78 is 12.4. The number of halogens is 1. The van der Waals surface area contributed by atoms with E-state index in [0.717, 1.165) is 6.08 Å². The molecule has 0 aromatic carbocycles. The lowest BCUT2D eigenvalue weighted by Gasteiger charge is -1.89. The number of hydrogen-bond acceptors (Lipinski definition) is 3. The van der Waals surface area contributed by atoms with Gasteiger partial charge in [-0.3, -0.25) is 9.97 Å². The zero-order chi connectivity index (χ0) is 8.97. The summed E-state index contributed by atoms with van der Waals surface area (Å²) in [6.45, 7) is 0. The Kier molecular flexibility index (Phi) is 2.47. The summed E-state index contributed by atoms with van der Waals surface area (Å²) in [4.78, 5) is 17.3. The molecule has 1 aromatic rings. The first-order valence-electron chi connectivity index (χ1n) is 3.06. The van der Waals surface area contributed by atoms with Gasteiger partial charge in [-0.15, -0.1) is 0 Å². The molecule has 0 saturated carbocycles. The van der Waals surface area contributed by atoms with Crippen molar-refractivity contribution in [2.75, 3.05) is 0 Å². The number of rotatable bonds is 2. The highest BCUT2D eigenvalue weighted by atomic mass is 19.1. The fraction of sp³-hybridized carbons (Fsp3) is 0. The molecule has 0 unspecified atom stereocenters. The van der Waals surface area contributed by atoms with Gasteiger partial charge in [-0.2, -0.15) is 4.39 Å². The number of aromatic nitrogens is 2. The molecule has 4 nitrogen and oxygen atoms in total. The summed E-state index contributed by atoms with van der Waals surface area (Å²) in [5.74, 6) is -2.86. The maximum atomic E-state index is 12.4. The fourth-order valence-corrected chi connectivity index (χ4v) is 0.577. The topological polar surface area (TPSA) is 63.1 Å². The summed E-state index contributed by atoms with van der Waals surface area (Å²) in [6.07, 6.45) is 4.83. The normalized spacial score (nSPS) is 11.2. The van der Waals surface area contributed by atoms with Crippen LogP contribution in [0.15, 0.2) is 24.4 Å². The molecule has 0 aliphatic rings. The molecule has 1 rings (SSSR count). The van der Waals surface area contributed by atoms with E-state index >= 15 is 0 Å². The average molecular weight is 168 g/mol. The number of aliphatic carboxylic acids is 1. The van der Waals surface area contributed by atoms with E-state index in [0.29, 0.717) is 0 Å². The SMILES string of the molecule is O=C(O)/C(F)=C/c1cnccn1. The van der Waals surface area contributed by atoms with Crippen molar-refractivity contribution in [2.24, 2.45) is 0 Å².